The number of hydrogen-bond donors (Lipinski definition) is 1. The second-order valence-electron chi connectivity index (χ2n) is 18.9. The summed E-state index contributed by atoms with van der Waals surface area (Å²) in [6.07, 6.45) is 3.95. The lowest BCUT2D eigenvalue weighted by Crippen LogP contribution is -2.49. The molecule has 0 radical (unpaired) electrons. The SMILES string of the molecule is Cc1c(-c2cc(N3C(=O)C4CC5C(=CCC6C(=O)N(C7CCN(Cc8ccccc8)CC7)C(=O)C65)C(c5ccc(OCc6ccccc6)cc5O)C4(C)C3=O)n(C)n2)sc2ccc(Cl)cc12. The lowest BCUT2D eigenvalue weighted by molar-refractivity contribution is -0.144. The van der Waals surface area contributed by atoms with Crippen LogP contribution in [0.3, 0.4) is 0 Å². The summed E-state index contributed by atoms with van der Waals surface area (Å²) in [5.41, 5.74) is 3.75. The van der Waals surface area contributed by atoms with E-state index in [0.29, 0.717) is 53.7 Å². The molecule has 11 nitrogen and oxygen atoms in total. The second-order valence-corrected chi connectivity index (χ2v) is 20.4. The van der Waals surface area contributed by atoms with E-state index in [1.807, 2.05) is 86.7 Å². The van der Waals surface area contributed by atoms with Crippen LogP contribution in [0.25, 0.3) is 20.7 Å². The fourth-order valence-corrected chi connectivity index (χ4v) is 13.3. The van der Waals surface area contributed by atoms with Crippen molar-refractivity contribution in [1.82, 2.24) is 19.6 Å². The Bertz CT molecular complexity index is 2980. The number of likely N-dealkylation sites (tertiary alicyclic amines) is 2. The molecule has 5 heterocycles. The van der Waals surface area contributed by atoms with Crippen molar-refractivity contribution in [3.63, 3.8) is 0 Å². The number of phenols is 1. The number of imide groups is 2. The van der Waals surface area contributed by atoms with Crippen LogP contribution in [-0.2, 0) is 39.4 Å². The summed E-state index contributed by atoms with van der Waals surface area (Å²) in [4.78, 5) is 66.2. The van der Waals surface area contributed by atoms with Gasteiger partial charge < -0.3 is 9.84 Å². The molecular weight excluding hydrogens is 870 g/mol. The first-order chi connectivity index (χ1) is 31.9. The molecule has 3 aliphatic heterocycles. The zero-order valence-corrected chi connectivity index (χ0v) is 38.6. The number of piperidine rings is 1. The third-order valence-corrected chi connectivity index (χ3v) is 16.8. The number of phenolic OH excluding ortho intramolecular Hbond substituents is 1. The molecule has 6 aromatic rings. The van der Waals surface area contributed by atoms with Crippen LogP contribution in [0.4, 0.5) is 5.82 Å². The predicted molar refractivity (Wildman–Crippen MR) is 254 cm³/mol. The lowest BCUT2D eigenvalue weighted by Gasteiger charge is -2.49. The molecule has 0 bridgehead atoms. The van der Waals surface area contributed by atoms with Gasteiger partial charge in [0.1, 0.15) is 29.6 Å². The summed E-state index contributed by atoms with van der Waals surface area (Å²) in [5, 5.41) is 18.5. The Morgan fingerprint density at radius 2 is 1.59 bits per heavy atom. The molecular formula is C53H50ClN5O6S. The van der Waals surface area contributed by atoms with Crippen molar-refractivity contribution < 1.29 is 29.0 Å². The molecule has 13 heteroatoms. The summed E-state index contributed by atoms with van der Waals surface area (Å²) >= 11 is 7.95. The number of carbonyl (C=O) groups is 4. The minimum absolute atomic E-state index is 0.0752. The molecule has 11 rings (SSSR count). The van der Waals surface area contributed by atoms with E-state index in [2.05, 4.69) is 17.0 Å². The van der Waals surface area contributed by atoms with Crippen LogP contribution < -0.4 is 9.64 Å². The van der Waals surface area contributed by atoms with Gasteiger partial charge >= 0.3 is 0 Å². The lowest BCUT2D eigenvalue weighted by atomic mass is 9.51. The van der Waals surface area contributed by atoms with Crippen LogP contribution in [0.1, 0.15) is 60.8 Å². The molecule has 66 heavy (non-hydrogen) atoms. The number of anilines is 1. The molecule has 4 aromatic carbocycles. The number of amides is 4. The predicted octanol–water partition coefficient (Wildman–Crippen LogP) is 9.44. The maximum atomic E-state index is 15.4. The smallest absolute Gasteiger partial charge is 0.242 e. The quantitative estimate of drug-likeness (QED) is 0.112. The van der Waals surface area contributed by atoms with E-state index in [9.17, 15) is 14.7 Å². The van der Waals surface area contributed by atoms with Gasteiger partial charge in [-0.25, -0.2) is 4.90 Å². The molecule has 3 saturated heterocycles. The number of carbonyl (C=O) groups excluding carboxylic acids is 4. The minimum Gasteiger partial charge on any atom is -0.508 e. The molecule has 4 fully saturated rings. The zero-order valence-electron chi connectivity index (χ0n) is 37.0. The zero-order chi connectivity index (χ0) is 45.6. The van der Waals surface area contributed by atoms with Gasteiger partial charge in [-0.3, -0.25) is 33.7 Å². The van der Waals surface area contributed by atoms with Gasteiger partial charge in [-0.15, -0.1) is 11.3 Å². The number of aromatic nitrogens is 2. The van der Waals surface area contributed by atoms with E-state index in [1.54, 1.807) is 52.2 Å². The van der Waals surface area contributed by atoms with Crippen molar-refractivity contribution in [2.75, 3.05) is 18.0 Å². The van der Waals surface area contributed by atoms with Gasteiger partial charge in [0, 0.05) is 66.1 Å². The average Bonchev–Trinajstić information content (AvgIpc) is 3.99. The highest BCUT2D eigenvalue weighted by Crippen LogP contribution is 2.65. The van der Waals surface area contributed by atoms with E-state index in [0.717, 1.165) is 51.3 Å². The first kappa shape index (κ1) is 42.5. The van der Waals surface area contributed by atoms with Crippen LogP contribution in [0.15, 0.2) is 115 Å². The Morgan fingerprint density at radius 1 is 0.864 bits per heavy atom. The van der Waals surface area contributed by atoms with Crippen molar-refractivity contribution in [3.8, 4) is 22.1 Å². The highest BCUT2D eigenvalue weighted by atomic mass is 35.5. The standard InChI is InChI=1S/C53H50ClN5O6S/c1-30-39-24-33(54)14-19-44(39)66-48(30)42-27-45(56(3)55-42)59-50(62)41-26-40-36(47(53(41,2)52(59)64)37-16-15-35(25-43(37)60)65-29-32-12-8-5-9-13-32)17-18-38-46(40)51(63)58(49(38)61)34-20-22-57(23-21-34)28-31-10-6-4-7-11-31/h4-17,19,24-25,27,34,38,40-41,46-47,60H,18,20-23,26,28-29H2,1-3H3. The third-order valence-electron chi connectivity index (χ3n) is 15.3. The Balaban J connectivity index is 0.941. The van der Waals surface area contributed by atoms with Crippen LogP contribution in [0, 0.1) is 36.0 Å². The third kappa shape index (κ3) is 6.82. The van der Waals surface area contributed by atoms with E-state index >= 15 is 9.59 Å². The molecule has 6 atom stereocenters. The summed E-state index contributed by atoms with van der Waals surface area (Å²) < 4.78 is 8.74. The number of fused-ring (bicyclic) bond motifs is 5. The van der Waals surface area contributed by atoms with E-state index in [1.165, 1.54) is 10.5 Å². The maximum absolute atomic E-state index is 15.4. The Kier molecular flexibility index (Phi) is 10.5. The number of aromatic hydroxyl groups is 1. The maximum Gasteiger partial charge on any atom is 0.242 e. The van der Waals surface area contributed by atoms with Gasteiger partial charge in [-0.2, -0.15) is 5.10 Å². The van der Waals surface area contributed by atoms with Gasteiger partial charge in [-0.1, -0.05) is 90.0 Å². The Morgan fingerprint density at radius 3 is 2.32 bits per heavy atom. The average molecular weight is 921 g/mol. The number of thiophene rings is 1. The van der Waals surface area contributed by atoms with E-state index in [-0.39, 0.29) is 35.9 Å². The molecule has 0 spiro atoms. The van der Waals surface area contributed by atoms with E-state index < -0.39 is 40.9 Å². The summed E-state index contributed by atoms with van der Waals surface area (Å²) in [7, 11) is 1.73. The van der Waals surface area contributed by atoms with E-state index in [4.69, 9.17) is 21.4 Å². The Hall–Kier alpha value is -6.08. The topological polar surface area (TPSA) is 125 Å². The van der Waals surface area contributed by atoms with Crippen LogP contribution in [-0.4, -0.2) is 67.4 Å². The normalized spacial score (nSPS) is 25.6. The first-order valence-corrected chi connectivity index (χ1v) is 24.0. The molecule has 6 unspecified atom stereocenters. The molecule has 1 N–H and O–H groups in total. The first-order valence-electron chi connectivity index (χ1n) is 22.8. The largest absolute Gasteiger partial charge is 0.508 e. The summed E-state index contributed by atoms with van der Waals surface area (Å²) in [5.74, 6) is -3.83. The van der Waals surface area contributed by atoms with Gasteiger partial charge in [0.05, 0.1) is 28.0 Å². The number of rotatable bonds is 9. The van der Waals surface area contributed by atoms with Gasteiger partial charge in [0.25, 0.3) is 0 Å². The van der Waals surface area contributed by atoms with Crippen LogP contribution in [0.2, 0.25) is 5.02 Å². The van der Waals surface area contributed by atoms with Gasteiger partial charge in [0.15, 0.2) is 0 Å². The number of halogens is 1. The number of ether oxygens (including phenoxy) is 1. The fraction of sp³-hybridized carbons (Fsp3) is 0.340. The van der Waals surface area contributed by atoms with Crippen molar-refractivity contribution in [1.29, 1.82) is 0 Å². The molecule has 2 aromatic heterocycles. The monoisotopic (exact) mass is 919 g/mol. The number of hydrogen-bond acceptors (Lipinski definition) is 9. The Labute approximate surface area is 392 Å². The van der Waals surface area contributed by atoms with Gasteiger partial charge in [-0.05, 0) is 91.8 Å². The van der Waals surface area contributed by atoms with Crippen LogP contribution >= 0.6 is 22.9 Å². The molecule has 336 valence electrons. The molecule has 4 amide bonds. The summed E-state index contributed by atoms with van der Waals surface area (Å²) in [6.45, 7) is 6.49. The van der Waals surface area contributed by atoms with Crippen molar-refractivity contribution in [2.45, 2.75) is 64.6 Å². The fourth-order valence-electron chi connectivity index (χ4n) is 12.0. The molecule has 1 saturated carbocycles. The number of allylic oxidation sites excluding steroid dienone is 2. The molecule has 5 aliphatic rings. The number of nitrogens with zero attached hydrogens (tertiary/aromatic N) is 5. The van der Waals surface area contributed by atoms with Crippen molar-refractivity contribution in [3.05, 3.63) is 142 Å². The number of aryl methyl sites for hydroxylation is 2. The second kappa shape index (κ2) is 16.4. The van der Waals surface area contributed by atoms with Crippen molar-refractivity contribution >= 4 is 62.5 Å². The van der Waals surface area contributed by atoms with Crippen molar-refractivity contribution in [2.24, 2.45) is 36.1 Å². The van der Waals surface area contributed by atoms with Gasteiger partial charge in [0.2, 0.25) is 23.6 Å². The highest BCUT2D eigenvalue weighted by molar-refractivity contribution is 7.22. The highest BCUT2D eigenvalue weighted by Gasteiger charge is 2.68. The minimum atomic E-state index is -1.36. The number of benzene rings is 4. The van der Waals surface area contributed by atoms with Crippen LogP contribution in [0.5, 0.6) is 11.5 Å². The molecule has 2 aliphatic carbocycles. The summed E-state index contributed by atoms with van der Waals surface area (Å²) in [6, 6.07) is 32.6.